The molecule has 4 nitrogen and oxygen atoms in total. The van der Waals surface area contributed by atoms with Crippen molar-refractivity contribution in [3.05, 3.63) is 39.1 Å². The van der Waals surface area contributed by atoms with Crippen molar-refractivity contribution >= 4 is 39.0 Å². The zero-order chi connectivity index (χ0) is 14.2. The lowest BCUT2D eigenvalue weighted by atomic mass is 10.2. The summed E-state index contributed by atoms with van der Waals surface area (Å²) in [5.41, 5.74) is 0.269. The van der Waals surface area contributed by atoms with Crippen LogP contribution in [0.4, 0.5) is 4.39 Å². The molecule has 98 valence electrons. The number of aromatic nitrogens is 1. The van der Waals surface area contributed by atoms with Gasteiger partial charge in [0.1, 0.15) is 15.7 Å². The normalized spacial score (nSPS) is 10.5. The highest BCUT2D eigenvalue weighted by Gasteiger charge is 2.22. The van der Waals surface area contributed by atoms with Crippen molar-refractivity contribution in [2.75, 3.05) is 0 Å². The predicted molar refractivity (Wildman–Crippen MR) is 72.2 cm³/mol. The molecule has 0 aliphatic heterocycles. The van der Waals surface area contributed by atoms with Crippen LogP contribution in [-0.2, 0) is 0 Å². The maximum Gasteiger partial charge on any atom is 0.356 e. The van der Waals surface area contributed by atoms with Crippen molar-refractivity contribution in [3.63, 3.8) is 0 Å². The molecule has 0 spiro atoms. The molecule has 0 aliphatic rings. The number of hydrogen-bond acceptors (Lipinski definition) is 4. The van der Waals surface area contributed by atoms with Gasteiger partial charge in [-0.2, -0.15) is 0 Å². The van der Waals surface area contributed by atoms with Crippen LogP contribution < -0.4 is 0 Å². The van der Waals surface area contributed by atoms with Crippen LogP contribution in [0.1, 0.15) is 27.1 Å². The molecule has 2 rings (SSSR count). The molecule has 2 aromatic rings. The van der Waals surface area contributed by atoms with Gasteiger partial charge in [0.05, 0.1) is 0 Å². The average molecular weight is 344 g/mol. The second kappa shape index (κ2) is 5.18. The lowest BCUT2D eigenvalue weighted by Crippen LogP contribution is -2.03. The molecule has 0 saturated heterocycles. The monoisotopic (exact) mass is 343 g/mol. The fourth-order valence-corrected chi connectivity index (χ4v) is 3.14. The van der Waals surface area contributed by atoms with Crippen LogP contribution in [0.25, 0.3) is 10.6 Å². The molecule has 7 heteroatoms. The van der Waals surface area contributed by atoms with E-state index in [-0.39, 0.29) is 16.4 Å². The van der Waals surface area contributed by atoms with E-state index in [1.54, 1.807) is 0 Å². The van der Waals surface area contributed by atoms with Crippen LogP contribution in [0.5, 0.6) is 0 Å². The van der Waals surface area contributed by atoms with E-state index in [4.69, 9.17) is 5.11 Å². The standard InChI is InChI=1S/C12H7BrFNO3S/c1-5(16)10-9(12(17)18)15-11(19-10)7-3-2-6(14)4-8(7)13/h2-4H,1H3,(H,17,18). The highest BCUT2D eigenvalue weighted by atomic mass is 79.9. The number of hydrogen-bond donors (Lipinski definition) is 1. The minimum Gasteiger partial charge on any atom is -0.476 e. The fraction of sp³-hybridized carbons (Fsp3) is 0.0833. The van der Waals surface area contributed by atoms with Crippen molar-refractivity contribution < 1.29 is 19.1 Å². The maximum absolute atomic E-state index is 13.0. The minimum atomic E-state index is -1.26. The van der Waals surface area contributed by atoms with Crippen LogP contribution in [0.3, 0.4) is 0 Å². The minimum absolute atomic E-state index is 0.0822. The number of aromatic carboxylic acids is 1. The van der Waals surface area contributed by atoms with E-state index in [0.29, 0.717) is 15.0 Å². The van der Waals surface area contributed by atoms with Crippen LogP contribution >= 0.6 is 27.3 Å². The van der Waals surface area contributed by atoms with Gasteiger partial charge in [-0.25, -0.2) is 14.2 Å². The molecule has 0 saturated carbocycles. The first kappa shape index (κ1) is 13.8. The molecular weight excluding hydrogens is 337 g/mol. The van der Waals surface area contributed by atoms with Crippen molar-refractivity contribution in [2.24, 2.45) is 0 Å². The number of rotatable bonds is 3. The summed E-state index contributed by atoms with van der Waals surface area (Å²) >= 11 is 4.16. The van der Waals surface area contributed by atoms with Gasteiger partial charge in [-0.1, -0.05) is 0 Å². The molecule has 0 aliphatic carbocycles. The highest BCUT2D eigenvalue weighted by molar-refractivity contribution is 9.10. The van der Waals surface area contributed by atoms with Crippen LogP contribution in [0.15, 0.2) is 22.7 Å². The summed E-state index contributed by atoms with van der Waals surface area (Å²) in [4.78, 5) is 26.4. The summed E-state index contributed by atoms with van der Waals surface area (Å²) in [7, 11) is 0. The third kappa shape index (κ3) is 2.71. The number of carboxylic acid groups (broad SMARTS) is 1. The number of nitrogens with zero attached hydrogens (tertiary/aromatic N) is 1. The van der Waals surface area contributed by atoms with Crippen molar-refractivity contribution in [3.8, 4) is 10.6 Å². The number of halogens is 2. The number of carboxylic acids is 1. The fourth-order valence-electron chi connectivity index (χ4n) is 1.48. The van der Waals surface area contributed by atoms with Gasteiger partial charge in [-0.05, 0) is 34.1 Å². The maximum atomic E-state index is 13.0. The Morgan fingerprint density at radius 2 is 2.11 bits per heavy atom. The topological polar surface area (TPSA) is 67.3 Å². The molecule has 0 radical (unpaired) electrons. The average Bonchev–Trinajstić information content (AvgIpc) is 2.73. The predicted octanol–water partition coefficient (Wildman–Crippen LogP) is 3.61. The Labute approximate surface area is 120 Å². The van der Waals surface area contributed by atoms with Gasteiger partial charge >= 0.3 is 5.97 Å². The van der Waals surface area contributed by atoms with E-state index in [2.05, 4.69) is 20.9 Å². The van der Waals surface area contributed by atoms with Gasteiger partial charge in [0, 0.05) is 17.0 Å². The zero-order valence-corrected chi connectivity index (χ0v) is 12.0. The van der Waals surface area contributed by atoms with Crippen molar-refractivity contribution in [2.45, 2.75) is 6.92 Å². The largest absolute Gasteiger partial charge is 0.476 e. The number of Topliss-reactive ketones (excluding diaryl/α,β-unsaturated/α-hetero) is 1. The number of thiazole rings is 1. The van der Waals surface area contributed by atoms with Crippen LogP contribution in [-0.4, -0.2) is 21.8 Å². The molecule has 1 heterocycles. The number of benzene rings is 1. The Bertz CT molecular complexity index is 652. The van der Waals surface area contributed by atoms with Gasteiger partial charge in [-0.3, -0.25) is 4.79 Å². The molecule has 0 amide bonds. The quantitative estimate of drug-likeness (QED) is 0.864. The smallest absolute Gasteiger partial charge is 0.356 e. The first-order valence-corrected chi connectivity index (χ1v) is 6.71. The molecule has 1 aromatic heterocycles. The summed E-state index contributed by atoms with van der Waals surface area (Å²) in [5, 5.41) is 9.36. The summed E-state index contributed by atoms with van der Waals surface area (Å²) < 4.78 is 13.5. The summed E-state index contributed by atoms with van der Waals surface area (Å²) in [6, 6.07) is 3.98. The lowest BCUT2D eigenvalue weighted by molar-refractivity contribution is 0.0687. The number of ketones is 1. The van der Waals surface area contributed by atoms with Gasteiger partial charge in [0.2, 0.25) is 0 Å². The summed E-state index contributed by atoms with van der Waals surface area (Å²) in [6.07, 6.45) is 0. The Balaban J connectivity index is 2.60. The highest BCUT2D eigenvalue weighted by Crippen LogP contribution is 2.33. The van der Waals surface area contributed by atoms with E-state index in [1.165, 1.54) is 25.1 Å². The summed E-state index contributed by atoms with van der Waals surface area (Å²) in [5.74, 6) is -2.04. The lowest BCUT2D eigenvalue weighted by Gasteiger charge is -1.99. The van der Waals surface area contributed by atoms with E-state index in [9.17, 15) is 14.0 Å². The van der Waals surface area contributed by atoms with Gasteiger partial charge < -0.3 is 5.11 Å². The van der Waals surface area contributed by atoms with Crippen molar-refractivity contribution in [1.29, 1.82) is 0 Å². The van der Waals surface area contributed by atoms with Crippen molar-refractivity contribution in [1.82, 2.24) is 4.98 Å². The first-order chi connectivity index (χ1) is 8.90. The number of carbonyl (C=O) groups excluding carboxylic acids is 1. The Hall–Kier alpha value is -1.60. The van der Waals surface area contributed by atoms with Crippen LogP contribution in [0, 0.1) is 5.82 Å². The Kier molecular flexibility index (Phi) is 3.77. The molecule has 0 bridgehead atoms. The molecule has 19 heavy (non-hydrogen) atoms. The third-order valence-electron chi connectivity index (χ3n) is 2.31. The third-order valence-corrected chi connectivity index (χ3v) is 4.16. The van der Waals surface area contributed by atoms with E-state index < -0.39 is 11.8 Å². The second-order valence-corrected chi connectivity index (χ2v) is 5.54. The molecule has 0 fully saturated rings. The Morgan fingerprint density at radius 1 is 1.42 bits per heavy atom. The molecule has 0 unspecified atom stereocenters. The molecule has 0 atom stereocenters. The van der Waals surface area contributed by atoms with E-state index in [0.717, 1.165) is 11.3 Å². The first-order valence-electron chi connectivity index (χ1n) is 5.10. The Morgan fingerprint density at radius 3 is 2.58 bits per heavy atom. The molecular formula is C12H7BrFNO3S. The van der Waals surface area contributed by atoms with Gasteiger partial charge in [0.15, 0.2) is 11.5 Å². The molecule has 1 aromatic carbocycles. The number of carbonyl (C=O) groups is 2. The van der Waals surface area contributed by atoms with E-state index in [1.807, 2.05) is 0 Å². The molecule has 1 N–H and O–H groups in total. The van der Waals surface area contributed by atoms with Gasteiger partial charge in [0.25, 0.3) is 0 Å². The second-order valence-electron chi connectivity index (χ2n) is 3.68. The summed E-state index contributed by atoms with van der Waals surface area (Å²) in [6.45, 7) is 1.28. The SMILES string of the molecule is CC(=O)c1sc(-c2ccc(F)cc2Br)nc1C(=O)O. The van der Waals surface area contributed by atoms with Crippen LogP contribution in [0.2, 0.25) is 0 Å². The van der Waals surface area contributed by atoms with E-state index >= 15 is 0 Å². The van der Waals surface area contributed by atoms with Gasteiger partial charge in [-0.15, -0.1) is 11.3 Å². The zero-order valence-electron chi connectivity index (χ0n) is 9.61.